The first kappa shape index (κ1) is 23.1. The number of rotatable bonds is 6. The summed E-state index contributed by atoms with van der Waals surface area (Å²) >= 11 is 0. The van der Waals surface area contributed by atoms with Crippen molar-refractivity contribution in [1.82, 2.24) is 10.2 Å². The van der Waals surface area contributed by atoms with E-state index in [9.17, 15) is 14.4 Å². The summed E-state index contributed by atoms with van der Waals surface area (Å²) in [5.74, 6) is -0.319. The molecule has 27 heavy (non-hydrogen) atoms. The van der Waals surface area contributed by atoms with Crippen molar-refractivity contribution in [3.8, 4) is 0 Å². The van der Waals surface area contributed by atoms with E-state index < -0.39 is 6.04 Å². The van der Waals surface area contributed by atoms with E-state index in [4.69, 9.17) is 5.73 Å². The summed E-state index contributed by atoms with van der Waals surface area (Å²) in [6.45, 7) is 6.74. The Morgan fingerprint density at radius 3 is 2.22 bits per heavy atom. The average Bonchev–Trinajstić information content (AvgIpc) is 2.65. The van der Waals surface area contributed by atoms with Crippen LogP contribution in [-0.4, -0.2) is 48.2 Å². The van der Waals surface area contributed by atoms with Crippen LogP contribution in [0.4, 0.5) is 0 Å². The van der Waals surface area contributed by atoms with Gasteiger partial charge in [-0.05, 0) is 25.7 Å². The SMILES string of the molecule is Cc1ccc(C(=O)C2CCN(C(=O)CNC(=O)[C@@H](N)C(C)C)CC2)cc1.Cl. The molecule has 0 spiro atoms. The fraction of sp³-hybridized carbons (Fsp3) is 0.550. The number of nitrogens with zero attached hydrogens (tertiary/aromatic N) is 1. The van der Waals surface area contributed by atoms with Crippen LogP contribution in [0.2, 0.25) is 0 Å². The molecule has 1 heterocycles. The van der Waals surface area contributed by atoms with E-state index in [1.807, 2.05) is 45.0 Å². The highest BCUT2D eigenvalue weighted by Gasteiger charge is 2.28. The molecule has 1 fully saturated rings. The number of carbonyl (C=O) groups is 3. The van der Waals surface area contributed by atoms with Crippen LogP contribution in [-0.2, 0) is 9.59 Å². The first-order valence-electron chi connectivity index (χ1n) is 9.21. The van der Waals surface area contributed by atoms with Gasteiger partial charge in [-0.3, -0.25) is 14.4 Å². The number of carbonyl (C=O) groups excluding carboxylic acids is 3. The monoisotopic (exact) mass is 395 g/mol. The number of likely N-dealkylation sites (tertiary alicyclic amines) is 1. The third kappa shape index (κ3) is 6.33. The minimum absolute atomic E-state index is 0. The number of aryl methyl sites for hydroxylation is 1. The summed E-state index contributed by atoms with van der Waals surface area (Å²) in [7, 11) is 0. The number of piperidine rings is 1. The zero-order valence-corrected chi connectivity index (χ0v) is 17.1. The first-order valence-corrected chi connectivity index (χ1v) is 9.21. The van der Waals surface area contributed by atoms with E-state index in [2.05, 4.69) is 5.32 Å². The molecule has 1 atom stereocenters. The van der Waals surface area contributed by atoms with Crippen LogP contribution in [0.5, 0.6) is 0 Å². The lowest BCUT2D eigenvalue weighted by atomic mass is 9.88. The van der Waals surface area contributed by atoms with Crippen LogP contribution in [0.1, 0.15) is 42.6 Å². The number of Topliss-reactive ketones (excluding diaryl/α,β-unsaturated/α-hetero) is 1. The number of nitrogens with two attached hydrogens (primary N) is 1. The van der Waals surface area contributed by atoms with Gasteiger partial charge in [0.15, 0.2) is 5.78 Å². The summed E-state index contributed by atoms with van der Waals surface area (Å²) < 4.78 is 0. The topological polar surface area (TPSA) is 92.5 Å². The van der Waals surface area contributed by atoms with Crippen molar-refractivity contribution in [1.29, 1.82) is 0 Å². The lowest BCUT2D eigenvalue weighted by Gasteiger charge is -2.31. The molecule has 3 N–H and O–H groups in total. The lowest BCUT2D eigenvalue weighted by molar-refractivity contribution is -0.134. The summed E-state index contributed by atoms with van der Waals surface area (Å²) in [4.78, 5) is 38.4. The number of ketones is 1. The molecule has 1 saturated heterocycles. The minimum atomic E-state index is -0.610. The summed E-state index contributed by atoms with van der Waals surface area (Å²) in [5.41, 5.74) is 7.62. The van der Waals surface area contributed by atoms with Gasteiger partial charge in [0.1, 0.15) is 0 Å². The van der Waals surface area contributed by atoms with Gasteiger partial charge >= 0.3 is 0 Å². The van der Waals surface area contributed by atoms with Gasteiger partial charge in [-0.25, -0.2) is 0 Å². The molecule has 0 aromatic heterocycles. The van der Waals surface area contributed by atoms with Crippen molar-refractivity contribution in [2.75, 3.05) is 19.6 Å². The number of hydrogen-bond acceptors (Lipinski definition) is 4. The van der Waals surface area contributed by atoms with E-state index in [-0.39, 0.29) is 48.4 Å². The molecule has 1 aliphatic heterocycles. The van der Waals surface area contributed by atoms with E-state index in [1.54, 1.807) is 4.90 Å². The molecule has 0 saturated carbocycles. The minimum Gasteiger partial charge on any atom is -0.346 e. The molecule has 0 unspecified atom stereocenters. The maximum absolute atomic E-state index is 12.6. The van der Waals surface area contributed by atoms with Crippen LogP contribution in [0.3, 0.4) is 0 Å². The second-order valence-electron chi connectivity index (χ2n) is 7.37. The fourth-order valence-corrected chi connectivity index (χ4v) is 3.04. The molecule has 1 aliphatic rings. The Kier molecular flexibility index (Phi) is 8.93. The lowest BCUT2D eigenvalue weighted by Crippen LogP contribution is -2.49. The third-order valence-electron chi connectivity index (χ3n) is 4.99. The molecule has 1 aromatic carbocycles. The number of halogens is 1. The summed E-state index contributed by atoms with van der Waals surface area (Å²) in [6.07, 6.45) is 1.30. The second kappa shape index (κ2) is 10.4. The highest BCUT2D eigenvalue weighted by molar-refractivity contribution is 5.98. The van der Waals surface area contributed by atoms with E-state index in [0.717, 1.165) is 11.1 Å². The van der Waals surface area contributed by atoms with Gasteiger partial charge < -0.3 is 16.0 Å². The predicted molar refractivity (Wildman–Crippen MR) is 108 cm³/mol. The highest BCUT2D eigenvalue weighted by Crippen LogP contribution is 2.22. The maximum atomic E-state index is 12.6. The van der Waals surface area contributed by atoms with Crippen molar-refractivity contribution in [2.45, 2.75) is 39.7 Å². The Bertz CT molecular complexity index is 653. The zero-order chi connectivity index (χ0) is 19.3. The molecule has 1 aromatic rings. The van der Waals surface area contributed by atoms with E-state index in [0.29, 0.717) is 25.9 Å². The molecule has 0 radical (unpaired) electrons. The summed E-state index contributed by atoms with van der Waals surface area (Å²) in [5, 5.41) is 2.60. The van der Waals surface area contributed by atoms with Gasteiger partial charge in [0, 0.05) is 24.6 Å². The van der Waals surface area contributed by atoms with Crippen molar-refractivity contribution in [2.24, 2.45) is 17.6 Å². The van der Waals surface area contributed by atoms with Crippen molar-refractivity contribution >= 4 is 30.0 Å². The predicted octanol–water partition coefficient (Wildman–Crippen LogP) is 1.94. The molecular formula is C20H30ClN3O3. The molecule has 2 rings (SSSR count). The van der Waals surface area contributed by atoms with E-state index >= 15 is 0 Å². The van der Waals surface area contributed by atoms with Gasteiger partial charge in [0.05, 0.1) is 12.6 Å². The second-order valence-corrected chi connectivity index (χ2v) is 7.37. The van der Waals surface area contributed by atoms with Gasteiger partial charge in [0.2, 0.25) is 11.8 Å². The van der Waals surface area contributed by atoms with Crippen LogP contribution in [0.15, 0.2) is 24.3 Å². The molecule has 150 valence electrons. The van der Waals surface area contributed by atoms with Gasteiger partial charge in [-0.1, -0.05) is 43.7 Å². The fourth-order valence-electron chi connectivity index (χ4n) is 3.04. The molecule has 2 amide bonds. The van der Waals surface area contributed by atoms with Gasteiger partial charge in [-0.15, -0.1) is 12.4 Å². The zero-order valence-electron chi connectivity index (χ0n) is 16.2. The maximum Gasteiger partial charge on any atom is 0.241 e. The molecular weight excluding hydrogens is 366 g/mol. The third-order valence-corrected chi connectivity index (χ3v) is 4.99. The molecule has 0 aliphatic carbocycles. The Morgan fingerprint density at radius 1 is 1.15 bits per heavy atom. The Morgan fingerprint density at radius 2 is 1.70 bits per heavy atom. The van der Waals surface area contributed by atoms with Gasteiger partial charge in [0.25, 0.3) is 0 Å². The standard InChI is InChI=1S/C20H29N3O3.ClH/c1-13(2)18(21)20(26)22-12-17(24)23-10-8-16(9-11-23)19(25)15-6-4-14(3)5-7-15;/h4-7,13,16,18H,8-12,21H2,1-3H3,(H,22,26);1H/t18-;/m0./s1. The van der Waals surface area contributed by atoms with Crippen LogP contribution < -0.4 is 11.1 Å². The number of amides is 2. The Labute approximate surface area is 167 Å². The van der Waals surface area contributed by atoms with Crippen molar-refractivity contribution in [3.05, 3.63) is 35.4 Å². The summed E-state index contributed by atoms with van der Waals surface area (Å²) in [6, 6.07) is 7.00. The van der Waals surface area contributed by atoms with Crippen LogP contribution >= 0.6 is 12.4 Å². The van der Waals surface area contributed by atoms with Crippen LogP contribution in [0.25, 0.3) is 0 Å². The first-order chi connectivity index (χ1) is 12.3. The smallest absolute Gasteiger partial charge is 0.241 e. The van der Waals surface area contributed by atoms with Crippen molar-refractivity contribution < 1.29 is 14.4 Å². The number of benzene rings is 1. The van der Waals surface area contributed by atoms with Crippen molar-refractivity contribution in [3.63, 3.8) is 0 Å². The largest absolute Gasteiger partial charge is 0.346 e. The number of nitrogens with one attached hydrogen (secondary N) is 1. The van der Waals surface area contributed by atoms with Gasteiger partial charge in [-0.2, -0.15) is 0 Å². The average molecular weight is 396 g/mol. The molecule has 0 bridgehead atoms. The van der Waals surface area contributed by atoms with Crippen LogP contribution in [0, 0.1) is 18.8 Å². The molecule has 6 nitrogen and oxygen atoms in total. The number of hydrogen-bond donors (Lipinski definition) is 2. The molecule has 7 heteroatoms. The quantitative estimate of drug-likeness (QED) is 0.720. The Hall–Kier alpha value is -1.92. The van der Waals surface area contributed by atoms with E-state index in [1.165, 1.54) is 0 Å². The highest BCUT2D eigenvalue weighted by atomic mass is 35.5. The Balaban J connectivity index is 0.00000364. The normalized spacial score (nSPS) is 15.8.